The Morgan fingerprint density at radius 2 is 0.685 bits per heavy atom. The summed E-state index contributed by atoms with van der Waals surface area (Å²) in [4.78, 5) is 2.32. The van der Waals surface area contributed by atoms with E-state index >= 15 is 0 Å². The van der Waals surface area contributed by atoms with Crippen LogP contribution >= 0.6 is 0 Å². The van der Waals surface area contributed by atoms with Gasteiger partial charge in [0.1, 0.15) is 0 Å². The molecule has 2 nitrogen and oxygen atoms in total. The highest BCUT2D eigenvalue weighted by atomic mass is 15.1. The number of benzene rings is 10. The van der Waals surface area contributed by atoms with Gasteiger partial charge in [0.25, 0.3) is 0 Å². The second kappa shape index (κ2) is 13.4. The molecule has 0 atom stereocenters. The number of hydrogen-bond donors (Lipinski definition) is 1. The first kappa shape index (κ1) is 31.6. The van der Waals surface area contributed by atoms with Gasteiger partial charge in [-0.25, -0.2) is 0 Å². The van der Waals surface area contributed by atoms with Crippen LogP contribution in [0.1, 0.15) is 0 Å². The topological polar surface area (TPSA) is 15.3 Å². The molecule has 0 spiro atoms. The summed E-state index contributed by atoms with van der Waals surface area (Å²) in [6, 6.07) is 76.6. The summed E-state index contributed by atoms with van der Waals surface area (Å²) < 4.78 is 0. The molecule has 0 heterocycles. The second-order valence-corrected chi connectivity index (χ2v) is 13.9. The molecule has 0 aliphatic heterocycles. The third-order valence-corrected chi connectivity index (χ3v) is 10.5. The van der Waals surface area contributed by atoms with Crippen molar-refractivity contribution < 1.29 is 0 Å². The van der Waals surface area contributed by atoms with Crippen molar-refractivity contribution in [1.29, 1.82) is 0 Å². The fraction of sp³-hybridized carbons (Fsp3) is 0. The number of nitrogens with zero attached hydrogens (tertiary/aromatic N) is 1. The SMILES string of the molecule is c1ccc(Nc2ccc3cc(-c4c5ccccc5c(-c5ccc6cc(N(c7ccccc7)c7ccccc7)ccc6c5)c5ccccc45)ccc3c2)cc1. The van der Waals surface area contributed by atoms with E-state index in [-0.39, 0.29) is 0 Å². The van der Waals surface area contributed by atoms with Gasteiger partial charge in [-0.1, -0.05) is 140 Å². The minimum atomic E-state index is 1.08. The third-order valence-electron chi connectivity index (χ3n) is 10.5. The monoisotopic (exact) mass is 688 g/mol. The van der Waals surface area contributed by atoms with Crippen molar-refractivity contribution in [3.63, 3.8) is 0 Å². The molecule has 0 radical (unpaired) electrons. The number of fused-ring (bicyclic) bond motifs is 4. The highest BCUT2D eigenvalue weighted by molar-refractivity contribution is 6.22. The molecular weight excluding hydrogens is 653 g/mol. The second-order valence-electron chi connectivity index (χ2n) is 13.9. The highest BCUT2D eigenvalue weighted by Crippen LogP contribution is 2.45. The van der Waals surface area contributed by atoms with Crippen LogP contribution in [0.3, 0.4) is 0 Å². The molecule has 10 aromatic carbocycles. The summed E-state index contributed by atoms with van der Waals surface area (Å²) in [5.41, 5.74) is 10.5. The summed E-state index contributed by atoms with van der Waals surface area (Å²) >= 11 is 0. The van der Waals surface area contributed by atoms with Crippen molar-refractivity contribution in [1.82, 2.24) is 0 Å². The van der Waals surface area contributed by atoms with Crippen molar-refractivity contribution in [3.05, 3.63) is 212 Å². The third kappa shape index (κ3) is 5.71. The van der Waals surface area contributed by atoms with Crippen LogP contribution in [-0.4, -0.2) is 0 Å². The first-order valence-electron chi connectivity index (χ1n) is 18.5. The highest BCUT2D eigenvalue weighted by Gasteiger charge is 2.18. The van der Waals surface area contributed by atoms with Gasteiger partial charge in [-0.2, -0.15) is 0 Å². The van der Waals surface area contributed by atoms with Crippen molar-refractivity contribution >= 4 is 71.5 Å². The number of nitrogens with one attached hydrogen (secondary N) is 1. The van der Waals surface area contributed by atoms with Crippen molar-refractivity contribution in [3.8, 4) is 22.3 Å². The fourth-order valence-corrected chi connectivity index (χ4v) is 8.05. The molecule has 0 fully saturated rings. The average molecular weight is 689 g/mol. The first-order chi connectivity index (χ1) is 26.8. The maximum absolute atomic E-state index is 3.54. The molecule has 2 heteroatoms. The zero-order valence-corrected chi connectivity index (χ0v) is 29.7. The lowest BCUT2D eigenvalue weighted by atomic mass is 9.85. The van der Waals surface area contributed by atoms with E-state index in [0.717, 1.165) is 28.4 Å². The quantitative estimate of drug-likeness (QED) is 0.168. The van der Waals surface area contributed by atoms with E-state index in [1.165, 1.54) is 65.3 Å². The molecule has 0 aliphatic carbocycles. The van der Waals surface area contributed by atoms with Gasteiger partial charge < -0.3 is 10.2 Å². The molecule has 0 aliphatic rings. The molecule has 0 saturated carbocycles. The van der Waals surface area contributed by atoms with Crippen LogP contribution in [0.4, 0.5) is 28.4 Å². The Hall–Kier alpha value is -7.16. The van der Waals surface area contributed by atoms with Crippen LogP contribution in [0.5, 0.6) is 0 Å². The summed E-state index contributed by atoms with van der Waals surface area (Å²) in [6.07, 6.45) is 0. The maximum atomic E-state index is 3.54. The molecule has 254 valence electrons. The summed E-state index contributed by atoms with van der Waals surface area (Å²) in [5, 5.41) is 13.4. The predicted octanol–water partition coefficient (Wildman–Crippen LogP) is 14.8. The minimum absolute atomic E-state index is 1.08. The maximum Gasteiger partial charge on any atom is 0.0468 e. The molecule has 0 unspecified atom stereocenters. The van der Waals surface area contributed by atoms with Crippen molar-refractivity contribution in [2.45, 2.75) is 0 Å². The van der Waals surface area contributed by atoms with Gasteiger partial charge in [0.15, 0.2) is 0 Å². The van der Waals surface area contributed by atoms with Crippen molar-refractivity contribution in [2.75, 3.05) is 10.2 Å². The van der Waals surface area contributed by atoms with Crippen LogP contribution in [0, 0.1) is 0 Å². The van der Waals surface area contributed by atoms with E-state index in [1.807, 2.05) is 6.07 Å². The van der Waals surface area contributed by atoms with Crippen LogP contribution in [0.15, 0.2) is 212 Å². The van der Waals surface area contributed by atoms with Gasteiger partial charge in [-0.15, -0.1) is 0 Å². The summed E-state index contributed by atoms with van der Waals surface area (Å²) in [6.45, 7) is 0. The fourth-order valence-electron chi connectivity index (χ4n) is 8.05. The summed E-state index contributed by atoms with van der Waals surface area (Å²) in [5.74, 6) is 0. The minimum Gasteiger partial charge on any atom is -0.356 e. The average Bonchev–Trinajstić information content (AvgIpc) is 3.24. The summed E-state index contributed by atoms with van der Waals surface area (Å²) in [7, 11) is 0. The zero-order valence-electron chi connectivity index (χ0n) is 29.7. The molecule has 0 amide bonds. The molecule has 54 heavy (non-hydrogen) atoms. The van der Waals surface area contributed by atoms with Gasteiger partial charge in [0.2, 0.25) is 0 Å². The molecule has 10 aromatic rings. The number of para-hydroxylation sites is 3. The molecule has 0 bridgehead atoms. The Morgan fingerprint density at radius 3 is 1.20 bits per heavy atom. The standard InChI is InChI=1S/C52H36N2/c1-4-14-42(15-5-1)53-43-30-28-36-32-40(26-24-38(36)34-43)51-47-20-10-12-22-49(47)52(50-23-13-11-21-48(50)51)41-27-25-39-35-46(31-29-37(39)33-41)54(44-16-6-2-7-17-44)45-18-8-3-9-19-45/h1-35,53H. The number of rotatable bonds is 7. The van der Waals surface area contributed by atoms with Gasteiger partial charge in [-0.3, -0.25) is 0 Å². The van der Waals surface area contributed by atoms with Crippen LogP contribution in [0.25, 0.3) is 65.3 Å². The number of hydrogen-bond acceptors (Lipinski definition) is 2. The molecular formula is C52H36N2. The lowest BCUT2D eigenvalue weighted by molar-refractivity contribution is 1.29. The van der Waals surface area contributed by atoms with Gasteiger partial charge >= 0.3 is 0 Å². The van der Waals surface area contributed by atoms with Crippen LogP contribution in [0.2, 0.25) is 0 Å². The normalized spacial score (nSPS) is 11.3. The molecule has 10 rings (SSSR count). The Balaban J connectivity index is 1.08. The van der Waals surface area contributed by atoms with E-state index in [2.05, 4.69) is 216 Å². The first-order valence-corrected chi connectivity index (χ1v) is 18.5. The Labute approximate surface area is 315 Å². The largest absolute Gasteiger partial charge is 0.356 e. The Morgan fingerprint density at radius 1 is 0.278 bits per heavy atom. The van der Waals surface area contributed by atoms with E-state index < -0.39 is 0 Å². The molecule has 0 saturated heterocycles. The van der Waals surface area contributed by atoms with E-state index in [9.17, 15) is 0 Å². The van der Waals surface area contributed by atoms with Crippen LogP contribution in [-0.2, 0) is 0 Å². The lowest BCUT2D eigenvalue weighted by Gasteiger charge is -2.25. The number of anilines is 5. The predicted molar refractivity (Wildman–Crippen MR) is 232 cm³/mol. The smallest absolute Gasteiger partial charge is 0.0468 e. The van der Waals surface area contributed by atoms with E-state index in [1.54, 1.807) is 0 Å². The Kier molecular flexibility index (Phi) is 7.85. The van der Waals surface area contributed by atoms with E-state index in [4.69, 9.17) is 0 Å². The van der Waals surface area contributed by atoms with E-state index in [0.29, 0.717) is 0 Å². The molecule has 0 aromatic heterocycles. The zero-order chi connectivity index (χ0) is 35.8. The van der Waals surface area contributed by atoms with Gasteiger partial charge in [-0.05, 0) is 138 Å². The van der Waals surface area contributed by atoms with Gasteiger partial charge in [0.05, 0.1) is 0 Å². The molecule has 1 N–H and O–H groups in total. The Bertz CT molecular complexity index is 2860. The lowest BCUT2D eigenvalue weighted by Crippen LogP contribution is -2.09. The van der Waals surface area contributed by atoms with Crippen molar-refractivity contribution in [2.24, 2.45) is 0 Å². The van der Waals surface area contributed by atoms with Gasteiger partial charge in [0, 0.05) is 28.4 Å². The van der Waals surface area contributed by atoms with Crippen LogP contribution < -0.4 is 10.2 Å².